The summed E-state index contributed by atoms with van der Waals surface area (Å²) in [6, 6.07) is 2.38. The van der Waals surface area contributed by atoms with E-state index in [9.17, 15) is 14.9 Å². The molecule has 0 aliphatic carbocycles. The van der Waals surface area contributed by atoms with E-state index in [2.05, 4.69) is 4.98 Å². The Kier molecular flexibility index (Phi) is 2.31. The molecule has 2 aromatic rings. The zero-order valence-electron chi connectivity index (χ0n) is 9.17. The van der Waals surface area contributed by atoms with Gasteiger partial charge in [-0.3, -0.25) is 10.1 Å². The highest BCUT2D eigenvalue weighted by Gasteiger charge is 2.21. The fourth-order valence-corrected chi connectivity index (χ4v) is 1.71. The smallest absolute Gasteiger partial charge is 0.336 e. The maximum Gasteiger partial charge on any atom is 0.336 e. The van der Waals surface area contributed by atoms with Crippen molar-refractivity contribution in [1.29, 1.82) is 0 Å². The van der Waals surface area contributed by atoms with Crippen LogP contribution in [0.2, 0.25) is 0 Å². The summed E-state index contributed by atoms with van der Waals surface area (Å²) in [6.45, 7) is 1.70. The van der Waals surface area contributed by atoms with E-state index in [0.717, 1.165) is 6.07 Å². The monoisotopic (exact) mass is 235 g/mol. The van der Waals surface area contributed by atoms with E-state index < -0.39 is 10.9 Å². The molecule has 88 valence electrons. The van der Waals surface area contributed by atoms with Crippen molar-refractivity contribution in [1.82, 2.24) is 9.55 Å². The second kappa shape index (κ2) is 3.55. The molecule has 0 radical (unpaired) electrons. The Balaban J connectivity index is 2.91. The van der Waals surface area contributed by atoms with E-state index in [1.165, 1.54) is 6.07 Å². The van der Waals surface area contributed by atoms with Gasteiger partial charge in [0.2, 0.25) is 0 Å². The number of nitro benzene ring substituents is 1. The average Bonchev–Trinajstić information content (AvgIpc) is 2.53. The zero-order valence-corrected chi connectivity index (χ0v) is 9.17. The summed E-state index contributed by atoms with van der Waals surface area (Å²) in [6.07, 6.45) is 0. The molecule has 1 aromatic heterocycles. The second-order valence-electron chi connectivity index (χ2n) is 3.64. The zero-order chi connectivity index (χ0) is 12.7. The first-order chi connectivity index (χ1) is 7.91. The lowest BCUT2D eigenvalue weighted by atomic mass is 10.1. The first-order valence-corrected chi connectivity index (χ1v) is 4.76. The summed E-state index contributed by atoms with van der Waals surface area (Å²) in [5.41, 5.74) is 0.263. The predicted octanol–water partition coefficient (Wildman–Crippen LogP) is 1.49. The van der Waals surface area contributed by atoms with Gasteiger partial charge in [-0.1, -0.05) is 0 Å². The number of hydrogen-bond acceptors (Lipinski definition) is 4. The van der Waals surface area contributed by atoms with Crippen LogP contribution < -0.4 is 0 Å². The third kappa shape index (κ3) is 1.61. The van der Waals surface area contributed by atoms with Crippen molar-refractivity contribution < 1.29 is 14.8 Å². The molecule has 0 aliphatic heterocycles. The first-order valence-electron chi connectivity index (χ1n) is 4.76. The van der Waals surface area contributed by atoms with Crippen molar-refractivity contribution >= 4 is 22.7 Å². The number of nitrogens with zero attached hydrogens (tertiary/aromatic N) is 3. The summed E-state index contributed by atoms with van der Waals surface area (Å²) in [5, 5.41) is 19.8. The van der Waals surface area contributed by atoms with Gasteiger partial charge in [0, 0.05) is 13.1 Å². The lowest BCUT2D eigenvalue weighted by molar-refractivity contribution is -0.383. The van der Waals surface area contributed by atoms with Gasteiger partial charge >= 0.3 is 5.97 Å². The summed E-state index contributed by atoms with van der Waals surface area (Å²) in [7, 11) is 1.65. The number of aromatic carboxylic acids is 1. The number of benzene rings is 1. The number of non-ortho nitro benzene ring substituents is 1. The Morgan fingerprint density at radius 2 is 2.18 bits per heavy atom. The Bertz CT molecular complexity index is 645. The van der Waals surface area contributed by atoms with Crippen LogP contribution >= 0.6 is 0 Å². The van der Waals surface area contributed by atoms with Crippen LogP contribution in [0, 0.1) is 17.0 Å². The molecule has 17 heavy (non-hydrogen) atoms. The lowest BCUT2D eigenvalue weighted by Gasteiger charge is -2.00. The molecule has 0 bridgehead atoms. The Morgan fingerprint density at radius 3 is 2.71 bits per heavy atom. The maximum absolute atomic E-state index is 10.9. The second-order valence-corrected chi connectivity index (χ2v) is 3.64. The van der Waals surface area contributed by atoms with E-state index >= 15 is 0 Å². The van der Waals surface area contributed by atoms with Gasteiger partial charge in [0.25, 0.3) is 5.69 Å². The Morgan fingerprint density at radius 1 is 1.53 bits per heavy atom. The molecule has 0 saturated carbocycles. The fourth-order valence-electron chi connectivity index (χ4n) is 1.71. The first kappa shape index (κ1) is 11.1. The number of carbonyl (C=O) groups is 1. The number of aromatic nitrogens is 2. The number of carboxylic acid groups (broad SMARTS) is 1. The van der Waals surface area contributed by atoms with Crippen molar-refractivity contribution in [3.05, 3.63) is 33.6 Å². The van der Waals surface area contributed by atoms with Gasteiger partial charge in [-0.05, 0) is 13.0 Å². The van der Waals surface area contributed by atoms with Gasteiger partial charge in [-0.2, -0.15) is 0 Å². The van der Waals surface area contributed by atoms with Crippen LogP contribution in [0.25, 0.3) is 11.0 Å². The number of nitro groups is 1. The number of carboxylic acids is 1. The quantitative estimate of drug-likeness (QED) is 0.628. The minimum absolute atomic E-state index is 0.137. The molecule has 0 fully saturated rings. The van der Waals surface area contributed by atoms with Gasteiger partial charge in [0.05, 0.1) is 16.0 Å². The number of aryl methyl sites for hydroxylation is 2. The average molecular weight is 235 g/mol. The molecule has 1 aromatic carbocycles. The highest BCUT2D eigenvalue weighted by molar-refractivity contribution is 5.96. The number of rotatable bonds is 2. The lowest BCUT2D eigenvalue weighted by Crippen LogP contribution is -2.00. The highest BCUT2D eigenvalue weighted by atomic mass is 16.6. The molecule has 7 nitrogen and oxygen atoms in total. The standard InChI is InChI=1S/C10H9N3O4/c1-5-11-7-3-6(10(14)15)4-8(13(16)17)9(7)12(5)2/h3-4H,1-2H3,(H,14,15). The van der Waals surface area contributed by atoms with Crippen molar-refractivity contribution in [2.45, 2.75) is 6.92 Å². The SMILES string of the molecule is Cc1nc2cc(C(=O)O)cc([N+](=O)[O-])c2n1C. The minimum atomic E-state index is -1.21. The molecular formula is C10H9N3O4. The molecule has 0 saturated heterocycles. The molecule has 7 heteroatoms. The molecule has 0 atom stereocenters. The minimum Gasteiger partial charge on any atom is -0.478 e. The molecule has 1 heterocycles. The van der Waals surface area contributed by atoms with Crippen LogP contribution in [-0.2, 0) is 7.05 Å². The van der Waals surface area contributed by atoms with E-state index in [4.69, 9.17) is 5.11 Å². The summed E-state index contributed by atoms with van der Waals surface area (Å²) in [5.74, 6) is -0.621. The largest absolute Gasteiger partial charge is 0.478 e. The number of fused-ring (bicyclic) bond motifs is 1. The molecule has 0 unspecified atom stereocenters. The maximum atomic E-state index is 10.9. The third-order valence-corrected chi connectivity index (χ3v) is 2.62. The third-order valence-electron chi connectivity index (χ3n) is 2.62. The molecule has 2 rings (SSSR count). The highest BCUT2D eigenvalue weighted by Crippen LogP contribution is 2.27. The number of imidazole rings is 1. The van der Waals surface area contributed by atoms with E-state index in [-0.39, 0.29) is 11.3 Å². The van der Waals surface area contributed by atoms with Crippen LogP contribution in [-0.4, -0.2) is 25.6 Å². The van der Waals surface area contributed by atoms with Crippen molar-refractivity contribution in [2.24, 2.45) is 7.05 Å². The van der Waals surface area contributed by atoms with Gasteiger partial charge < -0.3 is 9.67 Å². The normalized spacial score (nSPS) is 10.7. The van der Waals surface area contributed by atoms with Crippen molar-refractivity contribution in [3.63, 3.8) is 0 Å². The van der Waals surface area contributed by atoms with Gasteiger partial charge in [-0.25, -0.2) is 9.78 Å². The summed E-state index contributed by atoms with van der Waals surface area (Å²) in [4.78, 5) is 25.3. The van der Waals surface area contributed by atoms with Crippen molar-refractivity contribution in [2.75, 3.05) is 0 Å². The fraction of sp³-hybridized carbons (Fsp3) is 0.200. The Hall–Kier alpha value is -2.44. The van der Waals surface area contributed by atoms with Gasteiger partial charge in [0.1, 0.15) is 11.3 Å². The Labute approximate surface area is 95.5 Å². The molecule has 0 amide bonds. The summed E-state index contributed by atoms with van der Waals surface area (Å²) >= 11 is 0. The van der Waals surface area contributed by atoms with Crippen LogP contribution in [0.1, 0.15) is 16.2 Å². The summed E-state index contributed by atoms with van der Waals surface area (Å²) < 4.78 is 1.57. The van der Waals surface area contributed by atoms with E-state index in [0.29, 0.717) is 16.9 Å². The molecule has 1 N–H and O–H groups in total. The number of hydrogen-bond donors (Lipinski definition) is 1. The van der Waals surface area contributed by atoms with E-state index in [1.54, 1.807) is 18.5 Å². The van der Waals surface area contributed by atoms with Crippen LogP contribution in [0.5, 0.6) is 0 Å². The predicted molar refractivity (Wildman–Crippen MR) is 59.1 cm³/mol. The molecule has 0 spiro atoms. The van der Waals surface area contributed by atoms with E-state index in [1.807, 2.05) is 0 Å². The van der Waals surface area contributed by atoms with Crippen LogP contribution in [0.15, 0.2) is 12.1 Å². The topological polar surface area (TPSA) is 98.3 Å². The molecular weight excluding hydrogens is 226 g/mol. The van der Waals surface area contributed by atoms with Crippen molar-refractivity contribution in [3.8, 4) is 0 Å². The molecule has 0 aliphatic rings. The van der Waals surface area contributed by atoms with Gasteiger partial charge in [0.15, 0.2) is 0 Å². The van der Waals surface area contributed by atoms with Gasteiger partial charge in [-0.15, -0.1) is 0 Å². The van der Waals surface area contributed by atoms with Crippen LogP contribution in [0.4, 0.5) is 5.69 Å². The van der Waals surface area contributed by atoms with Crippen LogP contribution in [0.3, 0.4) is 0 Å².